The van der Waals surface area contributed by atoms with Gasteiger partial charge in [0.15, 0.2) is 0 Å². The summed E-state index contributed by atoms with van der Waals surface area (Å²) in [5.74, 6) is 2.22. The van der Waals surface area contributed by atoms with E-state index in [1.165, 1.54) is 0 Å². The largest absolute Gasteiger partial charge is 0.342 e. The third-order valence-electron chi connectivity index (χ3n) is 3.88. The lowest BCUT2D eigenvalue weighted by Gasteiger charge is -2.41. The van der Waals surface area contributed by atoms with E-state index in [0.717, 1.165) is 38.3 Å². The smallest absolute Gasteiger partial charge is 0.225 e. The van der Waals surface area contributed by atoms with Gasteiger partial charge in [0.1, 0.15) is 5.82 Å². The fourth-order valence-corrected chi connectivity index (χ4v) is 2.45. The van der Waals surface area contributed by atoms with Crippen molar-refractivity contribution in [2.45, 2.75) is 40.2 Å². The van der Waals surface area contributed by atoms with E-state index in [-0.39, 0.29) is 5.92 Å². The zero-order valence-corrected chi connectivity index (χ0v) is 11.6. The van der Waals surface area contributed by atoms with E-state index in [1.807, 2.05) is 24.2 Å². The lowest BCUT2D eigenvalue weighted by Crippen LogP contribution is -2.53. The average molecular weight is 249 g/mol. The van der Waals surface area contributed by atoms with Gasteiger partial charge in [-0.2, -0.15) is 0 Å². The van der Waals surface area contributed by atoms with Crippen LogP contribution in [0.1, 0.15) is 33.0 Å². The minimum absolute atomic E-state index is 0.172. The summed E-state index contributed by atoms with van der Waals surface area (Å²) >= 11 is 0. The standard InChI is InChI=1S/C14H23N3O/c1-4-11(3)14(18)17-9-12(10-17)8-16-7-6-15-13(16)5-2/h6-7,11-12H,4-5,8-10H2,1-3H3. The lowest BCUT2D eigenvalue weighted by atomic mass is 9.96. The van der Waals surface area contributed by atoms with Crippen LogP contribution in [0.4, 0.5) is 0 Å². The molecule has 0 aromatic carbocycles. The molecule has 100 valence electrons. The van der Waals surface area contributed by atoms with Crippen molar-refractivity contribution in [2.24, 2.45) is 11.8 Å². The van der Waals surface area contributed by atoms with Gasteiger partial charge in [-0.25, -0.2) is 4.98 Å². The summed E-state index contributed by atoms with van der Waals surface area (Å²) < 4.78 is 2.22. The van der Waals surface area contributed by atoms with Crippen molar-refractivity contribution in [1.29, 1.82) is 0 Å². The molecule has 4 nitrogen and oxygen atoms in total. The molecule has 4 heteroatoms. The molecule has 0 bridgehead atoms. The summed E-state index contributed by atoms with van der Waals surface area (Å²) in [6.45, 7) is 9.01. The molecule has 1 aliphatic heterocycles. The van der Waals surface area contributed by atoms with Gasteiger partial charge in [0.25, 0.3) is 0 Å². The van der Waals surface area contributed by atoms with Gasteiger partial charge < -0.3 is 9.47 Å². The quantitative estimate of drug-likeness (QED) is 0.800. The predicted molar refractivity (Wildman–Crippen MR) is 71.1 cm³/mol. The minimum Gasteiger partial charge on any atom is -0.342 e. The fraction of sp³-hybridized carbons (Fsp3) is 0.714. The first kappa shape index (κ1) is 13.1. The molecule has 2 heterocycles. The first-order valence-electron chi connectivity index (χ1n) is 6.94. The molecule has 1 aromatic rings. The Hall–Kier alpha value is -1.32. The van der Waals surface area contributed by atoms with Gasteiger partial charge in [0.05, 0.1) is 0 Å². The van der Waals surface area contributed by atoms with Crippen molar-refractivity contribution in [1.82, 2.24) is 14.5 Å². The van der Waals surface area contributed by atoms with Crippen molar-refractivity contribution in [3.63, 3.8) is 0 Å². The Morgan fingerprint density at radius 2 is 2.22 bits per heavy atom. The maximum Gasteiger partial charge on any atom is 0.225 e. The third-order valence-corrected chi connectivity index (χ3v) is 3.88. The van der Waals surface area contributed by atoms with Crippen molar-refractivity contribution in [3.05, 3.63) is 18.2 Å². The first-order valence-corrected chi connectivity index (χ1v) is 6.94. The Bertz CT molecular complexity index is 407. The molecule has 0 saturated carbocycles. The summed E-state index contributed by atoms with van der Waals surface area (Å²) in [5, 5.41) is 0. The van der Waals surface area contributed by atoms with E-state index < -0.39 is 0 Å². The van der Waals surface area contributed by atoms with E-state index in [4.69, 9.17) is 0 Å². The molecular weight excluding hydrogens is 226 g/mol. The number of hydrogen-bond acceptors (Lipinski definition) is 2. The Kier molecular flexibility index (Phi) is 4.04. The van der Waals surface area contributed by atoms with Crippen LogP contribution in [-0.4, -0.2) is 33.4 Å². The molecule has 0 radical (unpaired) electrons. The fourth-order valence-electron chi connectivity index (χ4n) is 2.45. The average Bonchev–Trinajstić information content (AvgIpc) is 2.78. The number of hydrogen-bond donors (Lipinski definition) is 0. The second-order valence-electron chi connectivity index (χ2n) is 5.27. The first-order chi connectivity index (χ1) is 8.65. The highest BCUT2D eigenvalue weighted by Crippen LogP contribution is 2.21. The molecule has 1 unspecified atom stereocenters. The maximum atomic E-state index is 11.9. The molecule has 0 N–H and O–H groups in total. The van der Waals surface area contributed by atoms with Crippen LogP contribution in [0.25, 0.3) is 0 Å². The summed E-state index contributed by atoms with van der Waals surface area (Å²) in [6.07, 6.45) is 5.80. The van der Waals surface area contributed by atoms with Crippen molar-refractivity contribution >= 4 is 5.91 Å². The van der Waals surface area contributed by atoms with Gasteiger partial charge in [-0.1, -0.05) is 20.8 Å². The number of amides is 1. The van der Waals surface area contributed by atoms with Crippen LogP contribution < -0.4 is 0 Å². The van der Waals surface area contributed by atoms with Gasteiger partial charge in [-0.3, -0.25) is 4.79 Å². The molecular formula is C14H23N3O. The van der Waals surface area contributed by atoms with Crippen molar-refractivity contribution in [3.8, 4) is 0 Å². The molecule has 1 atom stereocenters. The molecule has 1 aromatic heterocycles. The highest BCUT2D eigenvalue weighted by atomic mass is 16.2. The Labute approximate surface area is 109 Å². The van der Waals surface area contributed by atoms with Gasteiger partial charge in [0, 0.05) is 50.3 Å². The molecule has 1 fully saturated rings. The van der Waals surface area contributed by atoms with Crippen molar-refractivity contribution < 1.29 is 4.79 Å². The summed E-state index contributed by atoms with van der Waals surface area (Å²) in [6, 6.07) is 0. The molecule has 1 aliphatic rings. The Morgan fingerprint density at radius 1 is 1.50 bits per heavy atom. The van der Waals surface area contributed by atoms with Crippen LogP contribution in [0.2, 0.25) is 0 Å². The van der Waals surface area contributed by atoms with E-state index in [9.17, 15) is 4.79 Å². The summed E-state index contributed by atoms with van der Waals surface area (Å²) in [7, 11) is 0. The number of aryl methyl sites for hydroxylation is 1. The topological polar surface area (TPSA) is 38.1 Å². The predicted octanol–water partition coefficient (Wildman–Crippen LogP) is 1.95. The number of carbonyl (C=O) groups is 1. The second kappa shape index (κ2) is 5.55. The van der Waals surface area contributed by atoms with Gasteiger partial charge >= 0.3 is 0 Å². The Balaban J connectivity index is 1.81. The normalized spacial score (nSPS) is 17.6. The number of likely N-dealkylation sites (tertiary alicyclic amines) is 1. The number of aromatic nitrogens is 2. The summed E-state index contributed by atoms with van der Waals surface area (Å²) in [4.78, 5) is 18.2. The SMILES string of the molecule is CCc1nccn1CC1CN(C(=O)C(C)CC)C1. The van der Waals surface area contributed by atoms with Crippen LogP contribution >= 0.6 is 0 Å². The van der Waals surface area contributed by atoms with Crippen LogP contribution in [0.3, 0.4) is 0 Å². The van der Waals surface area contributed by atoms with Crippen LogP contribution in [0.15, 0.2) is 12.4 Å². The zero-order chi connectivity index (χ0) is 13.1. The number of nitrogens with zero attached hydrogens (tertiary/aromatic N) is 3. The minimum atomic E-state index is 0.172. The summed E-state index contributed by atoms with van der Waals surface area (Å²) in [5.41, 5.74) is 0. The number of rotatable bonds is 5. The van der Waals surface area contributed by atoms with Gasteiger partial charge in [-0.05, 0) is 6.42 Å². The molecule has 0 aliphatic carbocycles. The van der Waals surface area contributed by atoms with Crippen LogP contribution in [0, 0.1) is 11.8 Å². The van der Waals surface area contributed by atoms with E-state index in [2.05, 4.69) is 23.4 Å². The molecule has 18 heavy (non-hydrogen) atoms. The third kappa shape index (κ3) is 2.57. The maximum absolute atomic E-state index is 11.9. The number of imidazole rings is 1. The van der Waals surface area contributed by atoms with E-state index in [0.29, 0.717) is 11.8 Å². The highest BCUT2D eigenvalue weighted by molar-refractivity contribution is 5.79. The second-order valence-corrected chi connectivity index (χ2v) is 5.27. The molecule has 0 spiro atoms. The molecule has 1 amide bonds. The Morgan fingerprint density at radius 3 is 2.83 bits per heavy atom. The monoisotopic (exact) mass is 249 g/mol. The van der Waals surface area contributed by atoms with Gasteiger partial charge in [0.2, 0.25) is 5.91 Å². The highest BCUT2D eigenvalue weighted by Gasteiger charge is 2.32. The van der Waals surface area contributed by atoms with Crippen LogP contribution in [-0.2, 0) is 17.8 Å². The van der Waals surface area contributed by atoms with E-state index >= 15 is 0 Å². The van der Waals surface area contributed by atoms with Crippen LogP contribution in [0.5, 0.6) is 0 Å². The van der Waals surface area contributed by atoms with Gasteiger partial charge in [-0.15, -0.1) is 0 Å². The van der Waals surface area contributed by atoms with Crippen molar-refractivity contribution in [2.75, 3.05) is 13.1 Å². The molecule has 2 rings (SSSR count). The van der Waals surface area contributed by atoms with E-state index in [1.54, 1.807) is 0 Å². The number of carbonyl (C=O) groups excluding carboxylic acids is 1. The molecule has 1 saturated heterocycles. The zero-order valence-electron chi connectivity index (χ0n) is 11.6. The lowest BCUT2D eigenvalue weighted by molar-refractivity contribution is -0.141.